The molecule has 4 aromatic rings. The topological polar surface area (TPSA) is 54.5 Å². The summed E-state index contributed by atoms with van der Waals surface area (Å²) in [5.41, 5.74) is 6.21. The normalized spacial score (nSPS) is 15.8. The summed E-state index contributed by atoms with van der Waals surface area (Å²) in [6.45, 7) is 7.55. The summed E-state index contributed by atoms with van der Waals surface area (Å²) in [6, 6.07) is 30.3. The van der Waals surface area contributed by atoms with Gasteiger partial charge in [-0.2, -0.15) is 0 Å². The number of benzene rings is 4. The zero-order valence-corrected chi connectivity index (χ0v) is 25.1. The Labute approximate surface area is 258 Å². The van der Waals surface area contributed by atoms with Crippen molar-refractivity contribution in [2.24, 2.45) is 0 Å². The lowest BCUT2D eigenvalue weighted by atomic mass is 9.99. The summed E-state index contributed by atoms with van der Waals surface area (Å²) in [4.78, 5) is 19.8. The zero-order valence-electron chi connectivity index (χ0n) is 24.4. The van der Waals surface area contributed by atoms with Gasteiger partial charge < -0.3 is 24.0 Å². The maximum Gasteiger partial charge on any atom is 0.341 e. The third-order valence-electron chi connectivity index (χ3n) is 8.10. The van der Waals surface area contributed by atoms with Crippen LogP contribution in [0, 0.1) is 0 Å². The number of ether oxygens (including phenoxy) is 3. The van der Waals surface area contributed by atoms with Crippen LogP contribution in [0.1, 0.15) is 15.9 Å². The summed E-state index contributed by atoms with van der Waals surface area (Å²) < 4.78 is 16.9. The Bertz CT molecular complexity index is 1550. The number of hydrogen-bond acceptors (Lipinski definition) is 7. The molecule has 2 saturated heterocycles. The summed E-state index contributed by atoms with van der Waals surface area (Å²) in [7, 11) is 1.39. The van der Waals surface area contributed by atoms with Crippen molar-refractivity contribution in [3.8, 4) is 22.6 Å². The van der Waals surface area contributed by atoms with Gasteiger partial charge in [-0.15, -0.1) is 0 Å². The molecule has 0 spiro atoms. The van der Waals surface area contributed by atoms with Crippen molar-refractivity contribution in [3.05, 3.63) is 107 Å². The van der Waals surface area contributed by atoms with E-state index in [4.69, 9.17) is 25.8 Å². The Morgan fingerprint density at radius 2 is 1.51 bits per heavy atom. The second kappa shape index (κ2) is 13.5. The number of halogens is 1. The Balaban J connectivity index is 1.15. The molecule has 2 heterocycles. The molecule has 2 fully saturated rings. The number of carbonyl (C=O) groups excluding carboxylic acids is 1. The lowest BCUT2D eigenvalue weighted by Gasteiger charge is -2.36. The number of rotatable bonds is 8. The molecule has 0 amide bonds. The SMILES string of the molecule is COC(=O)c1ccc(N2CCN(Cc3ccccc3-c3ccc(Cl)cc3)CC2)cc1Oc1cccc(N2CCOCC2)c1. The maximum atomic E-state index is 12.6. The van der Waals surface area contributed by atoms with Crippen LogP contribution >= 0.6 is 11.6 Å². The summed E-state index contributed by atoms with van der Waals surface area (Å²) in [5.74, 6) is 0.744. The highest BCUT2D eigenvalue weighted by atomic mass is 35.5. The molecule has 0 saturated carbocycles. The van der Waals surface area contributed by atoms with Gasteiger partial charge in [-0.25, -0.2) is 4.79 Å². The van der Waals surface area contributed by atoms with E-state index in [9.17, 15) is 4.79 Å². The molecule has 222 valence electrons. The van der Waals surface area contributed by atoms with Crippen molar-refractivity contribution in [1.29, 1.82) is 0 Å². The van der Waals surface area contributed by atoms with E-state index in [2.05, 4.69) is 57.2 Å². The number of morpholine rings is 1. The molecular weight excluding hydrogens is 562 g/mol. The van der Waals surface area contributed by atoms with Crippen molar-refractivity contribution in [2.75, 3.05) is 69.4 Å². The molecule has 8 heteroatoms. The predicted molar refractivity (Wildman–Crippen MR) is 172 cm³/mol. The molecule has 6 rings (SSSR count). The maximum absolute atomic E-state index is 12.6. The minimum absolute atomic E-state index is 0.403. The molecule has 4 aromatic carbocycles. The number of methoxy groups -OCH3 is 1. The van der Waals surface area contributed by atoms with Crippen molar-refractivity contribution in [3.63, 3.8) is 0 Å². The van der Waals surface area contributed by atoms with Gasteiger partial charge in [0.15, 0.2) is 0 Å². The molecule has 0 aromatic heterocycles. The molecule has 0 atom stereocenters. The van der Waals surface area contributed by atoms with Crippen LogP contribution in [0.15, 0.2) is 91.0 Å². The van der Waals surface area contributed by atoms with Crippen LogP contribution in [0.2, 0.25) is 5.02 Å². The summed E-state index contributed by atoms with van der Waals surface area (Å²) >= 11 is 6.13. The highest BCUT2D eigenvalue weighted by molar-refractivity contribution is 6.30. The molecule has 0 aliphatic carbocycles. The summed E-state index contributed by atoms with van der Waals surface area (Å²) in [5, 5.41) is 0.743. The smallest absolute Gasteiger partial charge is 0.341 e. The average molecular weight is 598 g/mol. The lowest BCUT2D eigenvalue weighted by Crippen LogP contribution is -2.46. The minimum Gasteiger partial charge on any atom is -0.465 e. The van der Waals surface area contributed by atoms with Crippen LogP contribution in [0.5, 0.6) is 11.5 Å². The molecule has 0 radical (unpaired) electrons. The van der Waals surface area contributed by atoms with E-state index < -0.39 is 5.97 Å². The van der Waals surface area contributed by atoms with Gasteiger partial charge in [0.1, 0.15) is 17.1 Å². The second-order valence-corrected chi connectivity index (χ2v) is 11.2. The molecule has 0 unspecified atom stereocenters. The first-order valence-electron chi connectivity index (χ1n) is 14.7. The van der Waals surface area contributed by atoms with Crippen LogP contribution < -0.4 is 14.5 Å². The number of carbonyl (C=O) groups is 1. The number of hydrogen-bond donors (Lipinski definition) is 0. The summed E-state index contributed by atoms with van der Waals surface area (Å²) in [6.07, 6.45) is 0. The van der Waals surface area contributed by atoms with Gasteiger partial charge >= 0.3 is 5.97 Å². The van der Waals surface area contributed by atoms with Crippen molar-refractivity contribution in [2.45, 2.75) is 6.54 Å². The number of esters is 1. The van der Waals surface area contributed by atoms with E-state index in [-0.39, 0.29) is 0 Å². The van der Waals surface area contributed by atoms with E-state index in [0.29, 0.717) is 30.3 Å². The first-order chi connectivity index (χ1) is 21.1. The van der Waals surface area contributed by atoms with Crippen molar-refractivity contribution < 1.29 is 19.0 Å². The Morgan fingerprint density at radius 3 is 2.28 bits per heavy atom. The third-order valence-corrected chi connectivity index (χ3v) is 8.35. The van der Waals surface area contributed by atoms with Gasteiger partial charge in [0.2, 0.25) is 0 Å². The van der Waals surface area contributed by atoms with E-state index in [1.807, 2.05) is 42.5 Å². The zero-order chi connectivity index (χ0) is 29.6. The second-order valence-electron chi connectivity index (χ2n) is 10.8. The van der Waals surface area contributed by atoms with E-state index in [0.717, 1.165) is 62.2 Å². The fourth-order valence-corrected chi connectivity index (χ4v) is 5.86. The number of anilines is 2. The van der Waals surface area contributed by atoms with Crippen LogP contribution in [0.4, 0.5) is 11.4 Å². The highest BCUT2D eigenvalue weighted by Gasteiger charge is 2.22. The first-order valence-corrected chi connectivity index (χ1v) is 15.1. The number of piperazine rings is 1. The quantitative estimate of drug-likeness (QED) is 0.208. The molecule has 2 aliphatic heterocycles. The standard InChI is InChI=1S/C35H36ClN3O4/c1-41-35(40)33-14-13-30(24-34(33)43-31-7-4-6-29(23-31)39-19-21-42-22-20-39)38-17-15-37(16-18-38)25-27-5-2-3-8-32(27)26-9-11-28(36)12-10-26/h2-14,23-24H,15-22,25H2,1H3. The van der Waals surface area contributed by atoms with Crippen molar-refractivity contribution in [1.82, 2.24) is 4.90 Å². The van der Waals surface area contributed by atoms with Crippen LogP contribution in [0.25, 0.3) is 11.1 Å². The van der Waals surface area contributed by atoms with Gasteiger partial charge in [0.05, 0.1) is 20.3 Å². The van der Waals surface area contributed by atoms with E-state index in [1.165, 1.54) is 23.8 Å². The fourth-order valence-electron chi connectivity index (χ4n) is 5.74. The Hall–Kier alpha value is -4.04. The Kier molecular flexibility index (Phi) is 9.13. The van der Waals surface area contributed by atoms with Gasteiger partial charge in [0.25, 0.3) is 0 Å². The largest absolute Gasteiger partial charge is 0.465 e. The molecule has 43 heavy (non-hydrogen) atoms. The van der Waals surface area contributed by atoms with Gasteiger partial charge in [-0.1, -0.05) is 54.1 Å². The fraction of sp³-hybridized carbons (Fsp3) is 0.286. The molecule has 0 N–H and O–H groups in total. The van der Waals surface area contributed by atoms with Crippen LogP contribution in [-0.2, 0) is 16.0 Å². The minimum atomic E-state index is -0.421. The van der Waals surface area contributed by atoms with Gasteiger partial charge in [0, 0.05) is 74.3 Å². The Morgan fingerprint density at radius 1 is 0.791 bits per heavy atom. The van der Waals surface area contributed by atoms with E-state index >= 15 is 0 Å². The van der Waals surface area contributed by atoms with Crippen LogP contribution in [-0.4, -0.2) is 70.5 Å². The molecule has 7 nitrogen and oxygen atoms in total. The number of nitrogens with zero attached hydrogens (tertiary/aromatic N) is 3. The first kappa shape index (κ1) is 29.1. The molecule has 0 bridgehead atoms. The molecular formula is C35H36ClN3O4. The lowest BCUT2D eigenvalue weighted by molar-refractivity contribution is 0.0598. The third kappa shape index (κ3) is 6.96. The van der Waals surface area contributed by atoms with Gasteiger partial charge in [-0.3, -0.25) is 4.90 Å². The predicted octanol–water partition coefficient (Wildman–Crippen LogP) is 6.74. The molecule has 2 aliphatic rings. The van der Waals surface area contributed by atoms with Gasteiger partial charge in [-0.05, 0) is 53.1 Å². The monoisotopic (exact) mass is 597 g/mol. The highest BCUT2D eigenvalue weighted by Crippen LogP contribution is 2.33. The van der Waals surface area contributed by atoms with E-state index in [1.54, 1.807) is 6.07 Å². The average Bonchev–Trinajstić information content (AvgIpc) is 3.06. The van der Waals surface area contributed by atoms with Crippen LogP contribution in [0.3, 0.4) is 0 Å². The van der Waals surface area contributed by atoms with Crippen molar-refractivity contribution >= 4 is 28.9 Å².